The van der Waals surface area contributed by atoms with E-state index in [1.165, 1.54) is 21.3 Å². The van der Waals surface area contributed by atoms with Crippen LogP contribution in [0.5, 0.6) is 0 Å². The molecule has 0 unspecified atom stereocenters. The molecule has 9 heteroatoms. The van der Waals surface area contributed by atoms with Crippen LogP contribution in [0.3, 0.4) is 0 Å². The third-order valence-electron chi connectivity index (χ3n) is 5.25. The molecule has 0 atom stereocenters. The molecular formula is C20H22N4O3S2. The van der Waals surface area contributed by atoms with Crippen molar-refractivity contribution < 1.29 is 13.2 Å². The van der Waals surface area contributed by atoms with Gasteiger partial charge in [0.05, 0.1) is 22.0 Å². The first-order valence-corrected chi connectivity index (χ1v) is 11.6. The van der Waals surface area contributed by atoms with E-state index in [2.05, 4.69) is 10.4 Å². The Labute approximate surface area is 174 Å². The molecule has 4 rings (SSSR count). The Morgan fingerprint density at radius 2 is 2.03 bits per heavy atom. The maximum absolute atomic E-state index is 13.1. The van der Waals surface area contributed by atoms with Gasteiger partial charge in [-0.1, -0.05) is 6.07 Å². The van der Waals surface area contributed by atoms with Crippen molar-refractivity contribution in [3.8, 4) is 0 Å². The van der Waals surface area contributed by atoms with Crippen molar-refractivity contribution in [3.05, 3.63) is 63.1 Å². The number of sulfonamides is 1. The van der Waals surface area contributed by atoms with E-state index < -0.39 is 10.0 Å². The molecule has 3 aromatic rings. The molecule has 29 heavy (non-hydrogen) atoms. The Hall–Kier alpha value is -2.49. The third-order valence-corrected chi connectivity index (χ3v) is 8.12. The number of aromatic nitrogens is 2. The van der Waals surface area contributed by atoms with E-state index in [1.54, 1.807) is 28.2 Å². The molecule has 1 aliphatic heterocycles. The number of amides is 1. The fourth-order valence-electron chi connectivity index (χ4n) is 3.51. The van der Waals surface area contributed by atoms with Gasteiger partial charge < -0.3 is 5.32 Å². The number of fused-ring (bicyclic) bond motifs is 1. The smallest absolute Gasteiger partial charge is 0.255 e. The molecule has 7 nitrogen and oxygen atoms in total. The number of benzene rings is 1. The Morgan fingerprint density at radius 3 is 2.76 bits per heavy atom. The summed E-state index contributed by atoms with van der Waals surface area (Å²) in [5, 5.41) is 9.14. The lowest BCUT2D eigenvalue weighted by atomic mass is 10.1. The summed E-state index contributed by atoms with van der Waals surface area (Å²) in [6, 6.07) is 8.17. The number of hydrogen-bond acceptors (Lipinski definition) is 5. The van der Waals surface area contributed by atoms with E-state index in [0.717, 1.165) is 11.3 Å². The maximum Gasteiger partial charge on any atom is 0.255 e. The Bertz CT molecular complexity index is 1190. The highest BCUT2D eigenvalue weighted by molar-refractivity contribution is 7.89. The summed E-state index contributed by atoms with van der Waals surface area (Å²) in [5.74, 6) is -0.361. The van der Waals surface area contributed by atoms with Crippen LogP contribution in [0.4, 0.5) is 5.69 Å². The van der Waals surface area contributed by atoms with Crippen LogP contribution in [0.15, 0.2) is 40.6 Å². The second-order valence-electron chi connectivity index (χ2n) is 7.11. The molecule has 2 aromatic heterocycles. The van der Waals surface area contributed by atoms with Crippen LogP contribution in [-0.2, 0) is 30.0 Å². The highest BCUT2D eigenvalue weighted by atomic mass is 32.2. The predicted molar refractivity (Wildman–Crippen MR) is 113 cm³/mol. The van der Waals surface area contributed by atoms with Gasteiger partial charge in [-0.2, -0.15) is 9.40 Å². The highest BCUT2D eigenvalue weighted by Gasteiger charge is 2.29. The van der Waals surface area contributed by atoms with Gasteiger partial charge in [-0.05, 0) is 55.5 Å². The first-order valence-electron chi connectivity index (χ1n) is 9.24. The summed E-state index contributed by atoms with van der Waals surface area (Å²) in [4.78, 5) is 14.1. The van der Waals surface area contributed by atoms with Crippen molar-refractivity contribution in [1.29, 1.82) is 0 Å². The topological polar surface area (TPSA) is 84.3 Å². The van der Waals surface area contributed by atoms with Crippen molar-refractivity contribution in [1.82, 2.24) is 14.1 Å². The largest absolute Gasteiger partial charge is 0.319 e. The summed E-state index contributed by atoms with van der Waals surface area (Å²) in [5.41, 5.74) is 3.54. The van der Waals surface area contributed by atoms with Crippen LogP contribution in [-0.4, -0.2) is 35.0 Å². The number of carbonyl (C=O) groups is 1. The van der Waals surface area contributed by atoms with Crippen LogP contribution >= 0.6 is 11.3 Å². The molecule has 0 saturated heterocycles. The van der Waals surface area contributed by atoms with Gasteiger partial charge in [0.15, 0.2) is 0 Å². The van der Waals surface area contributed by atoms with Crippen LogP contribution in [0.1, 0.15) is 32.2 Å². The van der Waals surface area contributed by atoms with Crippen LogP contribution in [0.2, 0.25) is 0 Å². The summed E-state index contributed by atoms with van der Waals surface area (Å²) < 4.78 is 29.5. The molecule has 0 fully saturated rings. The van der Waals surface area contributed by atoms with E-state index in [9.17, 15) is 13.2 Å². The van der Waals surface area contributed by atoms with E-state index in [0.29, 0.717) is 36.5 Å². The average molecular weight is 431 g/mol. The van der Waals surface area contributed by atoms with Gasteiger partial charge in [0, 0.05) is 30.6 Å². The second kappa shape index (κ2) is 7.40. The van der Waals surface area contributed by atoms with Gasteiger partial charge in [-0.3, -0.25) is 9.48 Å². The lowest BCUT2D eigenvalue weighted by Crippen LogP contribution is -2.35. The number of nitrogens with one attached hydrogen (secondary N) is 1. The molecule has 0 radical (unpaired) electrons. The number of anilines is 1. The second-order valence-corrected chi connectivity index (χ2v) is 10.0. The summed E-state index contributed by atoms with van der Waals surface area (Å²) in [7, 11) is -1.87. The zero-order valence-corrected chi connectivity index (χ0v) is 18.1. The Morgan fingerprint density at radius 1 is 1.24 bits per heavy atom. The van der Waals surface area contributed by atoms with E-state index in [-0.39, 0.29) is 10.8 Å². The number of rotatable bonds is 4. The van der Waals surface area contributed by atoms with Crippen molar-refractivity contribution in [2.45, 2.75) is 31.7 Å². The van der Waals surface area contributed by atoms with Gasteiger partial charge in [-0.15, -0.1) is 11.3 Å². The highest BCUT2D eigenvalue weighted by Crippen LogP contribution is 2.28. The molecule has 0 aliphatic carbocycles. The minimum Gasteiger partial charge on any atom is -0.319 e. The van der Waals surface area contributed by atoms with Crippen molar-refractivity contribution in [2.75, 3.05) is 11.9 Å². The fraction of sp³-hybridized carbons (Fsp3) is 0.300. The minimum atomic E-state index is -3.68. The molecule has 1 N–H and O–H groups in total. The first-order chi connectivity index (χ1) is 13.8. The summed E-state index contributed by atoms with van der Waals surface area (Å²) in [6.07, 6.45) is 0.714. The molecule has 1 aromatic carbocycles. The van der Waals surface area contributed by atoms with Gasteiger partial charge in [-0.25, -0.2) is 8.42 Å². The number of carbonyl (C=O) groups excluding carboxylic acids is 1. The summed E-state index contributed by atoms with van der Waals surface area (Å²) >= 11 is 1.66. The molecule has 0 saturated carbocycles. The van der Waals surface area contributed by atoms with Crippen LogP contribution in [0, 0.1) is 13.8 Å². The lowest BCUT2D eigenvalue weighted by Gasteiger charge is -2.26. The predicted octanol–water partition coefficient (Wildman–Crippen LogP) is 3.10. The lowest BCUT2D eigenvalue weighted by molar-refractivity contribution is 0.102. The van der Waals surface area contributed by atoms with E-state index in [4.69, 9.17) is 0 Å². The number of hydrogen-bond donors (Lipinski definition) is 1. The Kier molecular flexibility index (Phi) is 5.05. The minimum absolute atomic E-state index is 0.128. The van der Waals surface area contributed by atoms with E-state index in [1.807, 2.05) is 32.3 Å². The standard InChI is InChI=1S/C20H22N4O3S2/c1-13-19(14(2)23(3)22-13)21-20(25)15-5-4-6-17(11-15)29(26,27)24-9-7-18-16(12-24)8-10-28-18/h4-6,8,10-11H,7,9,12H2,1-3H3,(H,21,25). The zero-order valence-electron chi connectivity index (χ0n) is 16.5. The zero-order chi connectivity index (χ0) is 20.8. The molecule has 0 spiro atoms. The third kappa shape index (κ3) is 3.61. The van der Waals surface area contributed by atoms with Gasteiger partial charge in [0.1, 0.15) is 0 Å². The number of nitrogens with zero attached hydrogens (tertiary/aromatic N) is 3. The Balaban J connectivity index is 1.59. The van der Waals surface area contributed by atoms with Gasteiger partial charge in [0.2, 0.25) is 10.0 Å². The SMILES string of the molecule is Cc1nn(C)c(C)c1NC(=O)c1cccc(S(=O)(=O)N2CCc3sccc3C2)c1. The quantitative estimate of drug-likeness (QED) is 0.689. The van der Waals surface area contributed by atoms with E-state index >= 15 is 0 Å². The molecule has 1 amide bonds. The fourth-order valence-corrected chi connectivity index (χ4v) is 5.87. The van der Waals surface area contributed by atoms with Crippen molar-refractivity contribution in [3.63, 3.8) is 0 Å². The van der Waals surface area contributed by atoms with Gasteiger partial charge in [0.25, 0.3) is 5.91 Å². The molecule has 1 aliphatic rings. The van der Waals surface area contributed by atoms with Crippen LogP contribution < -0.4 is 5.32 Å². The van der Waals surface area contributed by atoms with Gasteiger partial charge >= 0.3 is 0 Å². The van der Waals surface area contributed by atoms with Crippen molar-refractivity contribution >= 4 is 33.0 Å². The number of thiophene rings is 1. The normalized spacial score (nSPS) is 14.6. The first kappa shape index (κ1) is 19.8. The summed E-state index contributed by atoms with van der Waals surface area (Å²) in [6.45, 7) is 4.50. The molecule has 0 bridgehead atoms. The monoisotopic (exact) mass is 430 g/mol. The molecule has 152 valence electrons. The average Bonchev–Trinajstić information content (AvgIpc) is 3.27. The van der Waals surface area contributed by atoms with Crippen LogP contribution in [0.25, 0.3) is 0 Å². The maximum atomic E-state index is 13.1. The molecule has 3 heterocycles. The van der Waals surface area contributed by atoms with Crippen molar-refractivity contribution in [2.24, 2.45) is 7.05 Å². The number of aryl methyl sites for hydroxylation is 2. The molecular weight excluding hydrogens is 408 g/mol.